The second-order valence-corrected chi connectivity index (χ2v) is 6.59. The van der Waals surface area contributed by atoms with Gasteiger partial charge in [0.05, 0.1) is 11.5 Å². The van der Waals surface area contributed by atoms with E-state index in [4.69, 9.17) is 0 Å². The molecule has 29 heavy (non-hydrogen) atoms. The highest BCUT2D eigenvalue weighted by molar-refractivity contribution is 6.14. The number of amides is 2. The van der Waals surface area contributed by atoms with Gasteiger partial charge in [-0.2, -0.15) is 4.57 Å². The first-order valence-electron chi connectivity index (χ1n) is 8.87. The summed E-state index contributed by atoms with van der Waals surface area (Å²) < 4.78 is 15.0. The number of carbonyl (C=O) groups is 2. The average molecular weight is 386 g/mol. The van der Waals surface area contributed by atoms with Crippen LogP contribution in [0.1, 0.15) is 17.5 Å². The molecule has 6 nitrogen and oxygen atoms in total. The van der Waals surface area contributed by atoms with Crippen LogP contribution in [0.4, 0.5) is 4.39 Å². The monoisotopic (exact) mass is 386 g/mol. The van der Waals surface area contributed by atoms with Crippen LogP contribution in [0.5, 0.6) is 0 Å². The summed E-state index contributed by atoms with van der Waals surface area (Å²) in [4.78, 5) is 28.9. The first-order valence-corrected chi connectivity index (χ1v) is 8.87. The molecule has 4 rings (SSSR count). The minimum absolute atomic E-state index is 0.0908. The molecule has 142 valence electrons. The topological polar surface area (TPSA) is 85.2 Å². The lowest BCUT2D eigenvalue weighted by atomic mass is 9.81. The number of pyridine rings is 2. The molecule has 1 saturated heterocycles. The van der Waals surface area contributed by atoms with E-state index in [0.29, 0.717) is 5.56 Å². The van der Waals surface area contributed by atoms with Gasteiger partial charge in [0.2, 0.25) is 6.04 Å². The maximum absolute atomic E-state index is 13.4. The van der Waals surface area contributed by atoms with Crippen LogP contribution in [-0.4, -0.2) is 22.7 Å². The number of rotatable bonds is 3. The summed E-state index contributed by atoms with van der Waals surface area (Å²) >= 11 is 0. The molecule has 2 atom stereocenters. The minimum Gasteiger partial charge on any atom is -0.763 e. The van der Waals surface area contributed by atoms with Gasteiger partial charge >= 0.3 is 0 Å². The average Bonchev–Trinajstić information content (AvgIpc) is 2.75. The quantitative estimate of drug-likeness (QED) is 0.324. The number of carbonyl (C=O) groups excluding carboxylic acids is 2. The largest absolute Gasteiger partial charge is 0.763 e. The number of nitrogens with one attached hydrogen (secondary N) is 1. The number of nitrogens with zero attached hydrogens (tertiary/aromatic N) is 3. The van der Waals surface area contributed by atoms with Gasteiger partial charge in [0, 0.05) is 24.5 Å². The number of aromatic nitrogens is 2. The molecule has 0 saturated carbocycles. The summed E-state index contributed by atoms with van der Waals surface area (Å²) in [5.41, 5.74) is 2.32. The first-order chi connectivity index (χ1) is 14.1. The number of halogens is 1. The standard InChI is InChI=1S/C22H15FN4O2/c23-17-3-1-16(2-4-17)19-18(13-24)21(28)26-22(29)20(19)27-11-7-15(8-12-27)14-5-9-25-10-6-14/h1-12,19-20H,(H,26,28,29). The normalized spacial score (nSPS) is 18.9. The molecular weight excluding hydrogens is 371 g/mol. The molecule has 1 aliphatic rings. The van der Waals surface area contributed by atoms with Gasteiger partial charge in [-0.1, -0.05) is 12.1 Å². The van der Waals surface area contributed by atoms with Crippen molar-refractivity contribution in [3.8, 4) is 11.1 Å². The van der Waals surface area contributed by atoms with E-state index in [1.807, 2.05) is 30.1 Å². The molecular formula is C22H15FN4O2. The van der Waals surface area contributed by atoms with Gasteiger partial charge in [-0.15, -0.1) is 0 Å². The van der Waals surface area contributed by atoms with Crippen LogP contribution < -0.4 is 9.88 Å². The highest BCUT2D eigenvalue weighted by atomic mass is 19.1. The smallest absolute Gasteiger partial charge is 0.296 e. The first kappa shape index (κ1) is 18.4. The fourth-order valence-corrected chi connectivity index (χ4v) is 3.51. The van der Waals surface area contributed by atoms with E-state index < -0.39 is 29.6 Å². The molecule has 0 aliphatic carbocycles. The third kappa shape index (κ3) is 3.47. The lowest BCUT2D eigenvalue weighted by Crippen LogP contribution is -2.57. The predicted molar refractivity (Wildman–Crippen MR) is 103 cm³/mol. The zero-order chi connectivity index (χ0) is 20.4. The molecule has 7 heteroatoms. The molecule has 2 unspecified atom stereocenters. The summed E-state index contributed by atoms with van der Waals surface area (Å²) in [6, 6.07) is 12.0. The summed E-state index contributed by atoms with van der Waals surface area (Å²) in [7, 11) is 0. The number of hydrogen-bond acceptors (Lipinski definition) is 3. The van der Waals surface area contributed by atoms with Crippen molar-refractivity contribution in [1.82, 2.24) is 10.3 Å². The van der Waals surface area contributed by atoms with Crippen molar-refractivity contribution in [1.29, 1.82) is 0 Å². The molecule has 1 aliphatic heterocycles. The molecule has 0 radical (unpaired) electrons. The number of imide groups is 1. The maximum Gasteiger partial charge on any atom is 0.296 e. The Balaban J connectivity index is 1.78. The fourth-order valence-electron chi connectivity index (χ4n) is 3.51. The molecule has 2 aromatic heterocycles. The lowest BCUT2D eigenvalue weighted by molar-refractivity contribution is -0.711. The van der Waals surface area contributed by atoms with Gasteiger partial charge in [0.15, 0.2) is 12.4 Å². The van der Waals surface area contributed by atoms with Crippen molar-refractivity contribution in [2.24, 2.45) is 0 Å². The number of piperidine rings is 1. The lowest BCUT2D eigenvalue weighted by Gasteiger charge is -2.28. The Bertz CT molecular complexity index is 1120. The van der Waals surface area contributed by atoms with Crippen molar-refractivity contribution in [3.63, 3.8) is 0 Å². The molecule has 3 heterocycles. The van der Waals surface area contributed by atoms with Crippen LogP contribution in [0.25, 0.3) is 16.5 Å². The molecule has 1 aromatic carbocycles. The van der Waals surface area contributed by atoms with E-state index in [9.17, 15) is 19.4 Å². The molecule has 0 spiro atoms. The van der Waals surface area contributed by atoms with E-state index in [0.717, 1.165) is 11.1 Å². The van der Waals surface area contributed by atoms with Crippen LogP contribution in [0.3, 0.4) is 0 Å². The predicted octanol–water partition coefficient (Wildman–Crippen LogP) is 2.32. The van der Waals surface area contributed by atoms with E-state index in [2.05, 4.69) is 10.3 Å². The third-order valence-electron chi connectivity index (χ3n) is 4.91. The van der Waals surface area contributed by atoms with Crippen LogP contribution >= 0.6 is 0 Å². The van der Waals surface area contributed by atoms with Gasteiger partial charge in [-0.25, -0.2) is 4.39 Å². The van der Waals surface area contributed by atoms with Crippen molar-refractivity contribution in [2.45, 2.75) is 12.0 Å². The van der Waals surface area contributed by atoms with Gasteiger partial charge in [0.25, 0.3) is 11.8 Å². The second-order valence-electron chi connectivity index (χ2n) is 6.59. The van der Waals surface area contributed by atoms with Gasteiger partial charge in [-0.3, -0.25) is 25.8 Å². The molecule has 2 amide bonds. The maximum atomic E-state index is 13.4. The summed E-state index contributed by atoms with van der Waals surface area (Å²) in [5, 5.41) is 11.8. The molecule has 1 fully saturated rings. The fraction of sp³-hybridized carbons (Fsp3) is 0.0909. The van der Waals surface area contributed by atoms with E-state index in [-0.39, 0.29) is 5.57 Å². The Morgan fingerprint density at radius 1 is 0.966 bits per heavy atom. The highest BCUT2D eigenvalue weighted by Crippen LogP contribution is 2.35. The van der Waals surface area contributed by atoms with E-state index >= 15 is 0 Å². The molecule has 1 N–H and O–H groups in total. The van der Waals surface area contributed by atoms with Crippen molar-refractivity contribution < 1.29 is 18.5 Å². The van der Waals surface area contributed by atoms with Crippen molar-refractivity contribution in [2.75, 3.05) is 0 Å². The van der Waals surface area contributed by atoms with Gasteiger partial charge in [-0.05, 0) is 41.0 Å². The van der Waals surface area contributed by atoms with Gasteiger partial charge in [0.1, 0.15) is 5.82 Å². The van der Waals surface area contributed by atoms with Crippen LogP contribution in [0, 0.1) is 5.82 Å². The Morgan fingerprint density at radius 2 is 1.59 bits per heavy atom. The van der Waals surface area contributed by atoms with E-state index in [1.54, 1.807) is 29.4 Å². The zero-order valence-electron chi connectivity index (χ0n) is 15.1. The summed E-state index contributed by atoms with van der Waals surface area (Å²) in [5.74, 6) is -0.596. The zero-order valence-corrected chi connectivity index (χ0v) is 15.1. The highest BCUT2D eigenvalue weighted by Gasteiger charge is 2.46. The Kier molecular flexibility index (Phi) is 4.81. The van der Waals surface area contributed by atoms with Crippen molar-refractivity contribution >= 4 is 17.7 Å². The molecule has 0 bridgehead atoms. The molecule has 3 aromatic rings. The third-order valence-corrected chi connectivity index (χ3v) is 4.91. The second kappa shape index (κ2) is 7.58. The van der Waals surface area contributed by atoms with Gasteiger partial charge < -0.3 is 5.41 Å². The summed E-state index contributed by atoms with van der Waals surface area (Å²) in [6.45, 7) is 0. The SMILES string of the molecule is [N-]=C=C1C(=O)NC(=O)C([n+]2ccc(-c3ccncc3)cc2)C1c1ccc(F)cc1. The van der Waals surface area contributed by atoms with E-state index in [1.165, 1.54) is 24.3 Å². The van der Waals surface area contributed by atoms with Crippen molar-refractivity contribution in [3.05, 3.63) is 95.7 Å². The Morgan fingerprint density at radius 3 is 2.21 bits per heavy atom. The number of hydrogen-bond donors (Lipinski definition) is 1. The Hall–Kier alpha value is -3.96. The minimum atomic E-state index is -0.862. The van der Waals surface area contributed by atoms with Crippen LogP contribution in [0.2, 0.25) is 0 Å². The van der Waals surface area contributed by atoms with Crippen LogP contribution in [-0.2, 0) is 9.59 Å². The summed E-state index contributed by atoms with van der Waals surface area (Å²) in [6.07, 6.45) is 6.83. The van der Waals surface area contributed by atoms with Crippen LogP contribution in [0.15, 0.2) is 78.9 Å². The number of benzene rings is 1. The Labute approximate surface area is 165 Å².